The number of nitrogens with zero attached hydrogens (tertiary/aromatic N) is 3. The van der Waals surface area contributed by atoms with Crippen LogP contribution in [0.1, 0.15) is 22.5 Å². The lowest BCUT2D eigenvalue weighted by Gasteiger charge is -2.36. The standard InChI is InChI=1S/C29H35Cl2N5O5S2/c30-24-7-4-8-25(31)27(24)34-28(37)26-17-32-29(42-26)33-22-9-11-35(12-10-22)18-21(19-36-13-15-40-16-14-36)20-41-43(38,39)23-5-2-1-3-6-23/h1-8,17,21-22H,9-16,18-20H2,(H,32,33)(H,34,37). The zero-order chi connectivity index (χ0) is 30.2. The molecule has 2 aliphatic rings. The first-order valence-corrected chi connectivity index (χ1v) is 17.2. The second-order valence-corrected chi connectivity index (χ2v) is 14.1. The number of hydrogen-bond donors (Lipinski definition) is 2. The third-order valence-corrected chi connectivity index (χ3v) is 10.3. The van der Waals surface area contributed by atoms with E-state index in [2.05, 4.69) is 25.4 Å². The quantitative estimate of drug-likeness (QED) is 0.260. The summed E-state index contributed by atoms with van der Waals surface area (Å²) in [4.78, 5) is 22.5. The van der Waals surface area contributed by atoms with Gasteiger partial charge in [0.25, 0.3) is 16.0 Å². The highest BCUT2D eigenvalue weighted by Crippen LogP contribution is 2.31. The first-order chi connectivity index (χ1) is 20.8. The number of benzene rings is 2. The van der Waals surface area contributed by atoms with E-state index in [0.717, 1.165) is 52.1 Å². The van der Waals surface area contributed by atoms with Crippen LogP contribution in [0.3, 0.4) is 0 Å². The van der Waals surface area contributed by atoms with Crippen molar-refractivity contribution in [2.24, 2.45) is 5.92 Å². The number of piperidine rings is 1. The molecule has 10 nitrogen and oxygen atoms in total. The second kappa shape index (κ2) is 15.1. The second-order valence-electron chi connectivity index (χ2n) is 10.6. The molecule has 14 heteroatoms. The molecule has 0 bridgehead atoms. The van der Waals surface area contributed by atoms with Crippen LogP contribution in [0.25, 0.3) is 0 Å². The molecular weight excluding hydrogens is 633 g/mol. The molecule has 5 rings (SSSR count). The minimum Gasteiger partial charge on any atom is -0.379 e. The first kappa shape index (κ1) is 32.1. The van der Waals surface area contributed by atoms with Crippen LogP contribution in [-0.4, -0.2) is 94.2 Å². The van der Waals surface area contributed by atoms with Crippen LogP contribution in [0.4, 0.5) is 10.8 Å². The predicted molar refractivity (Wildman–Crippen MR) is 170 cm³/mol. The number of aromatic nitrogens is 1. The number of rotatable bonds is 12. The summed E-state index contributed by atoms with van der Waals surface area (Å²) in [5.74, 6) is -0.300. The van der Waals surface area contributed by atoms with E-state index in [1.807, 2.05) is 0 Å². The number of ether oxygens (including phenoxy) is 1. The Morgan fingerprint density at radius 3 is 2.33 bits per heavy atom. The van der Waals surface area contributed by atoms with Crippen LogP contribution in [0.2, 0.25) is 10.0 Å². The van der Waals surface area contributed by atoms with Crippen molar-refractivity contribution in [2.75, 3.05) is 69.7 Å². The number of amides is 1. The van der Waals surface area contributed by atoms with Gasteiger partial charge in [0.2, 0.25) is 0 Å². The lowest BCUT2D eigenvalue weighted by molar-refractivity contribution is 0.0219. The van der Waals surface area contributed by atoms with Crippen molar-refractivity contribution in [2.45, 2.75) is 23.8 Å². The SMILES string of the molecule is O=C(Nc1c(Cl)cccc1Cl)c1cnc(NC2CCN(CC(COS(=O)(=O)c3ccccc3)CN3CCOCC3)CC2)s1. The highest BCUT2D eigenvalue weighted by molar-refractivity contribution is 7.86. The van der Waals surface area contributed by atoms with Gasteiger partial charge in [-0.2, -0.15) is 8.42 Å². The fourth-order valence-electron chi connectivity index (χ4n) is 5.19. The van der Waals surface area contributed by atoms with E-state index in [1.165, 1.54) is 11.3 Å². The Morgan fingerprint density at radius 1 is 1.00 bits per heavy atom. The van der Waals surface area contributed by atoms with E-state index in [0.29, 0.717) is 39.0 Å². The van der Waals surface area contributed by atoms with E-state index in [-0.39, 0.29) is 29.4 Å². The Morgan fingerprint density at radius 2 is 1.65 bits per heavy atom. The van der Waals surface area contributed by atoms with Crippen LogP contribution in [0.5, 0.6) is 0 Å². The Bertz CT molecular complexity index is 1440. The van der Waals surface area contributed by atoms with E-state index in [1.54, 1.807) is 54.7 Å². The van der Waals surface area contributed by atoms with Gasteiger partial charge >= 0.3 is 0 Å². The van der Waals surface area contributed by atoms with Crippen LogP contribution in [0, 0.1) is 5.92 Å². The molecule has 43 heavy (non-hydrogen) atoms. The highest BCUT2D eigenvalue weighted by Gasteiger charge is 2.27. The number of hydrogen-bond acceptors (Lipinski definition) is 10. The number of halogens is 2. The molecular formula is C29H35Cl2N5O5S2. The Hall–Kier alpha value is -2.29. The van der Waals surface area contributed by atoms with Crippen LogP contribution in [-0.2, 0) is 19.0 Å². The fraction of sp³-hybridized carbons (Fsp3) is 0.448. The molecule has 3 heterocycles. The average Bonchev–Trinajstić information content (AvgIpc) is 3.48. The maximum absolute atomic E-state index is 12.8. The molecule has 1 amide bonds. The third-order valence-electron chi connectivity index (χ3n) is 7.47. The molecule has 2 aromatic carbocycles. The molecule has 232 valence electrons. The molecule has 1 unspecified atom stereocenters. The predicted octanol–water partition coefficient (Wildman–Crippen LogP) is 4.93. The smallest absolute Gasteiger partial charge is 0.296 e. The summed E-state index contributed by atoms with van der Waals surface area (Å²) < 4.78 is 36.6. The topological polar surface area (TPSA) is 113 Å². The summed E-state index contributed by atoms with van der Waals surface area (Å²) in [7, 11) is -3.83. The summed E-state index contributed by atoms with van der Waals surface area (Å²) in [6.07, 6.45) is 3.33. The number of morpholine rings is 1. The molecule has 2 saturated heterocycles. The maximum atomic E-state index is 12.8. The molecule has 2 N–H and O–H groups in total. The normalized spacial score (nSPS) is 17.9. The third kappa shape index (κ3) is 9.11. The van der Waals surface area contributed by atoms with E-state index < -0.39 is 10.1 Å². The van der Waals surface area contributed by atoms with Crippen LogP contribution in [0.15, 0.2) is 59.6 Å². The molecule has 0 saturated carbocycles. The lowest BCUT2D eigenvalue weighted by atomic mass is 10.0. The summed E-state index contributed by atoms with van der Waals surface area (Å²) in [5, 5.41) is 7.65. The van der Waals surface area contributed by atoms with Crippen molar-refractivity contribution in [1.29, 1.82) is 0 Å². The zero-order valence-electron chi connectivity index (χ0n) is 23.6. The van der Waals surface area contributed by atoms with Crippen molar-refractivity contribution in [3.05, 3.63) is 69.7 Å². The van der Waals surface area contributed by atoms with E-state index in [4.69, 9.17) is 32.1 Å². The number of para-hydroxylation sites is 1. The molecule has 0 spiro atoms. The number of carbonyl (C=O) groups excluding carboxylic acids is 1. The van der Waals surface area contributed by atoms with Gasteiger partial charge in [-0.25, -0.2) is 4.98 Å². The molecule has 1 aromatic heterocycles. The largest absolute Gasteiger partial charge is 0.379 e. The summed E-state index contributed by atoms with van der Waals surface area (Å²) >= 11 is 13.6. The average molecular weight is 669 g/mol. The summed E-state index contributed by atoms with van der Waals surface area (Å²) in [6.45, 7) is 6.33. The minimum absolute atomic E-state index is 0.0211. The van der Waals surface area contributed by atoms with Crippen molar-refractivity contribution < 1.29 is 22.1 Å². The van der Waals surface area contributed by atoms with Gasteiger partial charge in [0.1, 0.15) is 4.88 Å². The van der Waals surface area contributed by atoms with Crippen molar-refractivity contribution in [3.8, 4) is 0 Å². The van der Waals surface area contributed by atoms with Gasteiger partial charge in [-0.15, -0.1) is 0 Å². The Labute approximate surface area is 266 Å². The van der Waals surface area contributed by atoms with Crippen molar-refractivity contribution >= 4 is 61.4 Å². The summed E-state index contributed by atoms with van der Waals surface area (Å²) in [5.41, 5.74) is 0.376. The van der Waals surface area contributed by atoms with Gasteiger partial charge in [-0.05, 0) is 37.1 Å². The molecule has 0 radical (unpaired) electrons. The van der Waals surface area contributed by atoms with E-state index in [9.17, 15) is 13.2 Å². The number of carbonyl (C=O) groups is 1. The number of thiazole rings is 1. The zero-order valence-corrected chi connectivity index (χ0v) is 26.7. The highest BCUT2D eigenvalue weighted by atomic mass is 35.5. The number of nitrogens with one attached hydrogen (secondary N) is 2. The van der Waals surface area contributed by atoms with Crippen molar-refractivity contribution in [1.82, 2.24) is 14.8 Å². The van der Waals surface area contributed by atoms with Crippen molar-refractivity contribution in [3.63, 3.8) is 0 Å². The Kier molecular flexibility index (Phi) is 11.3. The Balaban J connectivity index is 1.12. The van der Waals surface area contributed by atoms with Crippen LogP contribution < -0.4 is 10.6 Å². The molecule has 1 atom stereocenters. The molecule has 0 aliphatic carbocycles. The number of anilines is 2. The van der Waals surface area contributed by atoms with E-state index >= 15 is 0 Å². The molecule has 2 aliphatic heterocycles. The van der Waals surface area contributed by atoms with Gasteiger partial charge in [0.05, 0.1) is 46.6 Å². The molecule has 2 fully saturated rings. The minimum atomic E-state index is -3.83. The van der Waals surface area contributed by atoms with Gasteiger partial charge in [0.15, 0.2) is 5.13 Å². The monoisotopic (exact) mass is 667 g/mol. The number of likely N-dealkylation sites (tertiary alicyclic amines) is 1. The lowest BCUT2D eigenvalue weighted by Crippen LogP contribution is -2.46. The van der Waals surface area contributed by atoms with Gasteiger partial charge < -0.3 is 20.3 Å². The maximum Gasteiger partial charge on any atom is 0.296 e. The first-order valence-electron chi connectivity index (χ1n) is 14.2. The van der Waals surface area contributed by atoms with Gasteiger partial charge in [0, 0.05) is 51.2 Å². The fourth-order valence-corrected chi connectivity index (χ4v) is 7.47. The van der Waals surface area contributed by atoms with Crippen LogP contribution >= 0.6 is 34.5 Å². The van der Waals surface area contributed by atoms with Gasteiger partial charge in [-0.3, -0.25) is 13.9 Å². The summed E-state index contributed by atoms with van der Waals surface area (Å²) in [6, 6.07) is 13.5. The molecule has 3 aromatic rings. The van der Waals surface area contributed by atoms with Gasteiger partial charge in [-0.1, -0.05) is 58.8 Å².